The lowest BCUT2D eigenvalue weighted by molar-refractivity contribution is 0.0722. The van der Waals surface area contributed by atoms with Crippen LogP contribution in [0.15, 0.2) is 54.7 Å². The molecule has 0 fully saturated rings. The Labute approximate surface area is 181 Å². The Balaban J connectivity index is 1.83. The van der Waals surface area contributed by atoms with Gasteiger partial charge in [-0.15, -0.1) is 0 Å². The summed E-state index contributed by atoms with van der Waals surface area (Å²) in [6.07, 6.45) is 1.64. The average molecular weight is 425 g/mol. The van der Waals surface area contributed by atoms with Gasteiger partial charge in [-0.2, -0.15) is 5.10 Å². The molecular formula is C23H28N4O4. The molecule has 3 aromatic rings. The van der Waals surface area contributed by atoms with Crippen molar-refractivity contribution in [3.8, 4) is 11.5 Å². The second-order valence-electron chi connectivity index (χ2n) is 7.03. The first-order valence-corrected chi connectivity index (χ1v) is 10.0. The SMILES string of the molecule is COc1ccc(CN(Cc2ccc(OC)cc2)C(=O)c2[nH]ncc2CNCCO)cc1. The topological polar surface area (TPSA) is 99.7 Å². The number of hydrogen-bond acceptors (Lipinski definition) is 6. The van der Waals surface area contributed by atoms with Gasteiger partial charge in [0.05, 0.1) is 27.0 Å². The first-order chi connectivity index (χ1) is 15.1. The quantitative estimate of drug-likeness (QED) is 0.409. The highest BCUT2D eigenvalue weighted by Crippen LogP contribution is 2.19. The van der Waals surface area contributed by atoms with Crippen LogP contribution in [-0.4, -0.2) is 53.5 Å². The van der Waals surface area contributed by atoms with E-state index in [4.69, 9.17) is 14.6 Å². The zero-order valence-corrected chi connectivity index (χ0v) is 17.8. The molecule has 0 aliphatic carbocycles. The maximum absolute atomic E-state index is 13.4. The fourth-order valence-electron chi connectivity index (χ4n) is 3.19. The number of aliphatic hydroxyl groups is 1. The molecule has 1 amide bonds. The van der Waals surface area contributed by atoms with E-state index < -0.39 is 0 Å². The zero-order chi connectivity index (χ0) is 22.1. The number of carbonyl (C=O) groups excluding carboxylic acids is 1. The Kier molecular flexibility index (Phi) is 8.03. The number of aromatic nitrogens is 2. The van der Waals surface area contributed by atoms with Crippen LogP contribution < -0.4 is 14.8 Å². The van der Waals surface area contributed by atoms with Gasteiger partial charge in [0.25, 0.3) is 5.91 Å². The van der Waals surface area contributed by atoms with Gasteiger partial charge in [-0.25, -0.2) is 0 Å². The molecule has 1 heterocycles. The Morgan fingerprint density at radius 3 is 2.03 bits per heavy atom. The lowest BCUT2D eigenvalue weighted by Gasteiger charge is -2.23. The maximum atomic E-state index is 13.4. The number of rotatable bonds is 11. The fraction of sp³-hybridized carbons (Fsp3) is 0.304. The number of hydrogen-bond donors (Lipinski definition) is 3. The van der Waals surface area contributed by atoms with E-state index in [0.717, 1.165) is 28.2 Å². The van der Waals surface area contributed by atoms with Crippen molar-refractivity contribution < 1.29 is 19.4 Å². The average Bonchev–Trinajstić information content (AvgIpc) is 3.28. The van der Waals surface area contributed by atoms with Crippen molar-refractivity contribution in [3.05, 3.63) is 77.1 Å². The summed E-state index contributed by atoms with van der Waals surface area (Å²) in [5.74, 6) is 1.38. The lowest BCUT2D eigenvalue weighted by atomic mass is 10.1. The van der Waals surface area contributed by atoms with Crippen molar-refractivity contribution in [1.82, 2.24) is 20.4 Å². The summed E-state index contributed by atoms with van der Waals surface area (Å²) in [5, 5.41) is 19.0. The summed E-state index contributed by atoms with van der Waals surface area (Å²) in [6.45, 7) is 1.77. The number of aliphatic hydroxyl groups excluding tert-OH is 1. The van der Waals surface area contributed by atoms with Crippen LogP contribution in [-0.2, 0) is 19.6 Å². The highest BCUT2D eigenvalue weighted by Gasteiger charge is 2.21. The third-order valence-corrected chi connectivity index (χ3v) is 4.89. The van der Waals surface area contributed by atoms with E-state index in [-0.39, 0.29) is 12.5 Å². The van der Waals surface area contributed by atoms with Gasteiger partial charge in [0.1, 0.15) is 17.2 Å². The Morgan fingerprint density at radius 2 is 1.55 bits per heavy atom. The third-order valence-electron chi connectivity index (χ3n) is 4.89. The molecule has 0 saturated carbocycles. The molecule has 3 N–H and O–H groups in total. The van der Waals surface area contributed by atoms with Crippen LogP contribution in [0.25, 0.3) is 0 Å². The van der Waals surface area contributed by atoms with Crippen molar-refractivity contribution in [2.45, 2.75) is 19.6 Å². The standard InChI is InChI=1S/C23H28N4O4/c1-30-20-7-3-17(4-8-20)15-27(16-18-5-9-21(31-2)10-6-18)23(29)22-19(14-25-26-22)13-24-11-12-28/h3-10,14,24,28H,11-13,15-16H2,1-2H3,(H,25,26). The number of H-pyrrole nitrogens is 1. The van der Waals surface area contributed by atoms with Crippen LogP contribution in [0.1, 0.15) is 27.2 Å². The Hall–Kier alpha value is -3.36. The van der Waals surface area contributed by atoms with Crippen LogP contribution in [0.3, 0.4) is 0 Å². The van der Waals surface area contributed by atoms with Crippen molar-refractivity contribution >= 4 is 5.91 Å². The van der Waals surface area contributed by atoms with Gasteiger partial charge in [0.2, 0.25) is 0 Å². The van der Waals surface area contributed by atoms with Crippen LogP contribution in [0.4, 0.5) is 0 Å². The molecule has 0 spiro atoms. The summed E-state index contributed by atoms with van der Waals surface area (Å²) in [5.41, 5.74) is 3.17. The molecule has 2 aromatic carbocycles. The van der Waals surface area contributed by atoms with E-state index >= 15 is 0 Å². The molecule has 8 heteroatoms. The number of methoxy groups -OCH3 is 2. The number of carbonyl (C=O) groups is 1. The molecule has 164 valence electrons. The van der Waals surface area contributed by atoms with Crippen molar-refractivity contribution in [3.63, 3.8) is 0 Å². The maximum Gasteiger partial charge on any atom is 0.272 e. The normalized spacial score (nSPS) is 10.7. The summed E-state index contributed by atoms with van der Waals surface area (Å²) >= 11 is 0. The van der Waals surface area contributed by atoms with E-state index in [1.165, 1.54) is 0 Å². The lowest BCUT2D eigenvalue weighted by Crippen LogP contribution is -2.31. The van der Waals surface area contributed by atoms with Gasteiger partial charge < -0.3 is 24.8 Å². The van der Waals surface area contributed by atoms with Crippen LogP contribution >= 0.6 is 0 Å². The Morgan fingerprint density at radius 1 is 1.00 bits per heavy atom. The van der Waals surface area contributed by atoms with Crippen LogP contribution in [0, 0.1) is 0 Å². The van der Waals surface area contributed by atoms with E-state index in [9.17, 15) is 4.79 Å². The van der Waals surface area contributed by atoms with Crippen LogP contribution in [0.2, 0.25) is 0 Å². The number of ether oxygens (including phenoxy) is 2. The van der Waals surface area contributed by atoms with E-state index in [1.807, 2.05) is 48.5 Å². The first-order valence-electron chi connectivity index (χ1n) is 10.0. The Bertz CT molecular complexity index is 905. The molecule has 0 aliphatic heterocycles. The summed E-state index contributed by atoms with van der Waals surface area (Å²) in [6, 6.07) is 15.3. The molecule has 3 rings (SSSR count). The molecule has 0 unspecified atom stereocenters. The number of nitrogens with zero attached hydrogens (tertiary/aromatic N) is 2. The van der Waals surface area contributed by atoms with E-state index in [0.29, 0.717) is 31.9 Å². The highest BCUT2D eigenvalue weighted by molar-refractivity contribution is 5.93. The molecule has 0 saturated heterocycles. The molecule has 0 atom stereocenters. The molecule has 31 heavy (non-hydrogen) atoms. The molecular weight excluding hydrogens is 396 g/mol. The monoisotopic (exact) mass is 424 g/mol. The third kappa shape index (κ3) is 6.07. The van der Waals surface area contributed by atoms with Gasteiger partial charge in [-0.3, -0.25) is 9.89 Å². The van der Waals surface area contributed by atoms with Gasteiger partial charge >= 0.3 is 0 Å². The predicted molar refractivity (Wildman–Crippen MR) is 117 cm³/mol. The predicted octanol–water partition coefficient (Wildman–Crippen LogP) is 2.35. The first kappa shape index (κ1) is 22.3. The second kappa shape index (κ2) is 11.1. The number of benzene rings is 2. The van der Waals surface area contributed by atoms with E-state index in [2.05, 4.69) is 15.5 Å². The minimum absolute atomic E-state index is 0.0300. The van der Waals surface area contributed by atoms with Crippen LogP contribution in [0.5, 0.6) is 11.5 Å². The van der Waals surface area contributed by atoms with Gasteiger partial charge in [-0.1, -0.05) is 24.3 Å². The molecule has 8 nitrogen and oxygen atoms in total. The molecule has 0 radical (unpaired) electrons. The minimum Gasteiger partial charge on any atom is -0.497 e. The largest absolute Gasteiger partial charge is 0.497 e. The fourth-order valence-corrected chi connectivity index (χ4v) is 3.19. The molecule has 0 aliphatic rings. The summed E-state index contributed by atoms with van der Waals surface area (Å²) < 4.78 is 10.5. The summed E-state index contributed by atoms with van der Waals surface area (Å²) in [4.78, 5) is 15.2. The van der Waals surface area contributed by atoms with Crippen molar-refractivity contribution in [2.75, 3.05) is 27.4 Å². The molecule has 0 bridgehead atoms. The van der Waals surface area contributed by atoms with E-state index in [1.54, 1.807) is 25.3 Å². The molecule has 1 aromatic heterocycles. The highest BCUT2D eigenvalue weighted by atomic mass is 16.5. The number of aromatic amines is 1. The number of amides is 1. The van der Waals surface area contributed by atoms with Crippen molar-refractivity contribution in [2.24, 2.45) is 0 Å². The minimum atomic E-state index is -0.148. The van der Waals surface area contributed by atoms with Crippen molar-refractivity contribution in [1.29, 1.82) is 0 Å². The number of nitrogens with one attached hydrogen (secondary N) is 2. The second-order valence-corrected chi connectivity index (χ2v) is 7.03. The zero-order valence-electron chi connectivity index (χ0n) is 17.8. The summed E-state index contributed by atoms with van der Waals surface area (Å²) in [7, 11) is 3.25. The van der Waals surface area contributed by atoms with Gasteiger partial charge in [-0.05, 0) is 35.4 Å². The smallest absolute Gasteiger partial charge is 0.272 e. The van der Waals surface area contributed by atoms with Gasteiger partial charge in [0, 0.05) is 31.7 Å². The van der Waals surface area contributed by atoms with Gasteiger partial charge in [0.15, 0.2) is 0 Å².